The quantitative estimate of drug-likeness (QED) is 0.813. The predicted molar refractivity (Wildman–Crippen MR) is 80.7 cm³/mol. The van der Waals surface area contributed by atoms with Gasteiger partial charge in [0.1, 0.15) is 23.4 Å². The molecular weight excluding hydrogens is 315 g/mol. The lowest BCUT2D eigenvalue weighted by Gasteiger charge is -2.22. The number of benzene rings is 1. The van der Waals surface area contributed by atoms with Gasteiger partial charge in [0, 0.05) is 6.42 Å². The van der Waals surface area contributed by atoms with Gasteiger partial charge in [-0.3, -0.25) is 9.59 Å². The molecule has 1 aliphatic heterocycles. The number of amides is 2. The Labute approximate surface area is 132 Å². The molecule has 2 rings (SSSR count). The highest BCUT2D eigenvalue weighted by molar-refractivity contribution is 6.42. The van der Waals surface area contributed by atoms with Crippen molar-refractivity contribution in [2.24, 2.45) is 0 Å². The van der Waals surface area contributed by atoms with Gasteiger partial charge in [0.05, 0.1) is 11.6 Å². The summed E-state index contributed by atoms with van der Waals surface area (Å²) in [6.45, 7) is 0.598. The molecule has 7 heteroatoms. The van der Waals surface area contributed by atoms with Crippen molar-refractivity contribution in [2.75, 3.05) is 13.2 Å². The third kappa shape index (κ3) is 4.51. The second-order valence-corrected chi connectivity index (χ2v) is 5.49. The number of carbonyl (C=O) groups is 2. The second-order valence-electron chi connectivity index (χ2n) is 4.70. The van der Waals surface area contributed by atoms with Crippen LogP contribution >= 0.6 is 23.2 Å². The number of rotatable bonds is 5. The summed E-state index contributed by atoms with van der Waals surface area (Å²) < 4.78 is 5.46. The molecule has 21 heavy (non-hydrogen) atoms. The fourth-order valence-electron chi connectivity index (χ4n) is 2.06. The number of hydrogen-bond donors (Lipinski definition) is 2. The van der Waals surface area contributed by atoms with Crippen molar-refractivity contribution in [3.05, 3.63) is 28.2 Å². The molecular formula is C14H16Cl2N2O3. The van der Waals surface area contributed by atoms with Gasteiger partial charge in [0.25, 0.3) is 0 Å². The minimum Gasteiger partial charge on any atom is -0.490 e. The van der Waals surface area contributed by atoms with Crippen LogP contribution in [0, 0.1) is 0 Å². The van der Waals surface area contributed by atoms with Crippen LogP contribution in [0.2, 0.25) is 10.0 Å². The molecule has 0 saturated carbocycles. The number of carbonyl (C=O) groups excluding carboxylic acids is 2. The largest absolute Gasteiger partial charge is 0.490 e. The van der Waals surface area contributed by atoms with Crippen molar-refractivity contribution >= 4 is 35.0 Å². The Balaban J connectivity index is 1.73. The maximum Gasteiger partial charge on any atom is 0.242 e. The van der Waals surface area contributed by atoms with E-state index in [1.807, 2.05) is 0 Å². The highest BCUT2D eigenvalue weighted by atomic mass is 35.5. The number of ether oxygens (including phenoxy) is 1. The monoisotopic (exact) mass is 330 g/mol. The molecule has 1 aliphatic rings. The molecule has 0 unspecified atom stereocenters. The van der Waals surface area contributed by atoms with Crippen LogP contribution in [0.15, 0.2) is 18.2 Å². The van der Waals surface area contributed by atoms with Crippen LogP contribution in [-0.4, -0.2) is 31.0 Å². The summed E-state index contributed by atoms with van der Waals surface area (Å²) >= 11 is 11.9. The molecule has 114 valence electrons. The summed E-state index contributed by atoms with van der Waals surface area (Å²) in [6.07, 6.45) is 1.89. The molecule has 0 radical (unpaired) electrons. The predicted octanol–water partition coefficient (Wildman–Crippen LogP) is 2.16. The van der Waals surface area contributed by atoms with E-state index in [0.717, 1.165) is 6.42 Å². The average molecular weight is 331 g/mol. The molecule has 1 heterocycles. The molecule has 0 aromatic heterocycles. The van der Waals surface area contributed by atoms with Gasteiger partial charge in [-0.1, -0.05) is 29.3 Å². The Kier molecular flexibility index (Phi) is 5.70. The molecule has 1 saturated heterocycles. The summed E-state index contributed by atoms with van der Waals surface area (Å²) in [6, 6.07) is 4.67. The van der Waals surface area contributed by atoms with Crippen molar-refractivity contribution in [3.8, 4) is 5.75 Å². The zero-order valence-corrected chi connectivity index (χ0v) is 12.8. The van der Waals surface area contributed by atoms with E-state index in [1.54, 1.807) is 18.2 Å². The SMILES string of the molecule is O=C1CCC[C@H](C(=O)NCCOc2cccc(Cl)c2Cl)N1. The molecule has 0 spiro atoms. The first kappa shape index (κ1) is 15.9. The smallest absolute Gasteiger partial charge is 0.242 e. The Morgan fingerprint density at radius 2 is 2.24 bits per heavy atom. The van der Waals surface area contributed by atoms with Crippen molar-refractivity contribution in [1.82, 2.24) is 10.6 Å². The van der Waals surface area contributed by atoms with Gasteiger partial charge in [0.2, 0.25) is 11.8 Å². The molecule has 0 aliphatic carbocycles. The summed E-state index contributed by atoms with van der Waals surface area (Å²) in [7, 11) is 0. The van der Waals surface area contributed by atoms with Crippen molar-refractivity contribution in [1.29, 1.82) is 0 Å². The molecule has 2 amide bonds. The third-order valence-corrected chi connectivity index (χ3v) is 3.92. The lowest BCUT2D eigenvalue weighted by molar-refractivity contribution is -0.131. The van der Waals surface area contributed by atoms with Gasteiger partial charge in [-0.15, -0.1) is 0 Å². The first-order chi connectivity index (χ1) is 10.1. The highest BCUT2D eigenvalue weighted by Crippen LogP contribution is 2.31. The van der Waals surface area contributed by atoms with Crippen LogP contribution in [0.5, 0.6) is 5.75 Å². The van der Waals surface area contributed by atoms with Crippen LogP contribution in [-0.2, 0) is 9.59 Å². The van der Waals surface area contributed by atoms with Gasteiger partial charge in [0.15, 0.2) is 0 Å². The Morgan fingerprint density at radius 3 is 3.00 bits per heavy atom. The third-order valence-electron chi connectivity index (χ3n) is 3.12. The molecule has 0 bridgehead atoms. The number of nitrogens with one attached hydrogen (secondary N) is 2. The topological polar surface area (TPSA) is 67.4 Å². The highest BCUT2D eigenvalue weighted by Gasteiger charge is 2.24. The van der Waals surface area contributed by atoms with E-state index < -0.39 is 6.04 Å². The fourth-order valence-corrected chi connectivity index (χ4v) is 2.40. The van der Waals surface area contributed by atoms with Gasteiger partial charge in [-0.2, -0.15) is 0 Å². The van der Waals surface area contributed by atoms with E-state index in [-0.39, 0.29) is 18.4 Å². The van der Waals surface area contributed by atoms with Crippen LogP contribution < -0.4 is 15.4 Å². The van der Waals surface area contributed by atoms with E-state index in [0.29, 0.717) is 35.2 Å². The van der Waals surface area contributed by atoms with E-state index in [2.05, 4.69) is 10.6 Å². The van der Waals surface area contributed by atoms with Crippen molar-refractivity contribution < 1.29 is 14.3 Å². The Bertz CT molecular complexity index is 537. The number of hydrogen-bond acceptors (Lipinski definition) is 3. The molecule has 1 aromatic carbocycles. The Morgan fingerprint density at radius 1 is 1.43 bits per heavy atom. The maximum atomic E-state index is 11.8. The minimum absolute atomic E-state index is 0.0802. The maximum absolute atomic E-state index is 11.8. The summed E-state index contributed by atoms with van der Waals surface area (Å²) in [5, 5.41) is 6.15. The minimum atomic E-state index is -0.444. The first-order valence-corrected chi connectivity index (χ1v) is 7.47. The standard InChI is InChI=1S/C14H16Cl2N2O3/c15-9-3-1-5-11(13(9)16)21-8-7-17-14(20)10-4-2-6-12(19)18-10/h1,3,5,10H,2,4,6-8H2,(H,17,20)(H,18,19)/t10-/m1/s1. The summed E-state index contributed by atoms with van der Waals surface area (Å²) in [5.74, 6) is 0.205. The van der Waals surface area contributed by atoms with E-state index in [9.17, 15) is 9.59 Å². The molecule has 1 aromatic rings. The normalized spacial score (nSPS) is 18.0. The van der Waals surface area contributed by atoms with Gasteiger partial charge >= 0.3 is 0 Å². The molecule has 1 fully saturated rings. The lowest BCUT2D eigenvalue weighted by Crippen LogP contribution is -2.49. The lowest BCUT2D eigenvalue weighted by atomic mass is 10.0. The van der Waals surface area contributed by atoms with Gasteiger partial charge in [-0.05, 0) is 25.0 Å². The van der Waals surface area contributed by atoms with Crippen LogP contribution in [0.1, 0.15) is 19.3 Å². The summed E-state index contributed by atoms with van der Waals surface area (Å²) in [5.41, 5.74) is 0. The van der Waals surface area contributed by atoms with E-state index >= 15 is 0 Å². The van der Waals surface area contributed by atoms with Crippen LogP contribution in [0.4, 0.5) is 0 Å². The fraction of sp³-hybridized carbons (Fsp3) is 0.429. The van der Waals surface area contributed by atoms with Crippen LogP contribution in [0.3, 0.4) is 0 Å². The van der Waals surface area contributed by atoms with Crippen LogP contribution in [0.25, 0.3) is 0 Å². The second kappa shape index (κ2) is 7.52. The van der Waals surface area contributed by atoms with Crippen molar-refractivity contribution in [2.45, 2.75) is 25.3 Å². The zero-order chi connectivity index (χ0) is 15.2. The summed E-state index contributed by atoms with van der Waals surface area (Å²) in [4.78, 5) is 23.1. The number of piperidine rings is 1. The van der Waals surface area contributed by atoms with Crippen molar-refractivity contribution in [3.63, 3.8) is 0 Å². The zero-order valence-electron chi connectivity index (χ0n) is 11.3. The van der Waals surface area contributed by atoms with Gasteiger partial charge in [-0.25, -0.2) is 0 Å². The van der Waals surface area contributed by atoms with Gasteiger partial charge < -0.3 is 15.4 Å². The van der Waals surface area contributed by atoms with E-state index in [4.69, 9.17) is 27.9 Å². The Hall–Kier alpha value is -1.46. The molecule has 5 nitrogen and oxygen atoms in total. The molecule has 1 atom stereocenters. The average Bonchev–Trinajstić information content (AvgIpc) is 2.47. The van der Waals surface area contributed by atoms with E-state index in [1.165, 1.54) is 0 Å². The number of halogens is 2. The first-order valence-electron chi connectivity index (χ1n) is 6.72. The molecule has 2 N–H and O–H groups in total.